The number of halogens is 1. The van der Waals surface area contributed by atoms with Crippen molar-refractivity contribution < 1.29 is 9.47 Å². The normalized spacial score (nSPS) is 14.2. The molecule has 2 aromatic rings. The van der Waals surface area contributed by atoms with Crippen LogP contribution in [-0.4, -0.2) is 12.0 Å². The van der Waals surface area contributed by atoms with Crippen molar-refractivity contribution in [1.82, 2.24) is 0 Å². The molecule has 0 aromatic heterocycles. The first-order valence-electron chi connectivity index (χ1n) is 7.59. The van der Waals surface area contributed by atoms with Gasteiger partial charge < -0.3 is 15.2 Å². The van der Waals surface area contributed by atoms with Crippen LogP contribution in [-0.2, 0) is 17.1 Å². The van der Waals surface area contributed by atoms with Crippen LogP contribution in [0.4, 0.5) is 5.69 Å². The molecule has 1 aliphatic rings. The van der Waals surface area contributed by atoms with E-state index in [2.05, 4.69) is 18.8 Å². The lowest BCUT2D eigenvalue weighted by molar-refractivity contribution is -0.0168. The predicted octanol–water partition coefficient (Wildman–Crippen LogP) is 4.70. The molecule has 24 heavy (non-hydrogen) atoms. The topological polar surface area (TPSA) is 56.8 Å². The second-order valence-corrected chi connectivity index (χ2v) is 7.10. The van der Waals surface area contributed by atoms with Crippen LogP contribution in [0.2, 0.25) is 5.02 Å². The third kappa shape index (κ3) is 4.04. The second-order valence-electron chi connectivity index (χ2n) is 5.67. The summed E-state index contributed by atoms with van der Waals surface area (Å²) in [5.74, 6) is 1.49. The minimum absolute atomic E-state index is 0.262. The Morgan fingerprint density at radius 1 is 1.25 bits per heavy atom. The summed E-state index contributed by atoms with van der Waals surface area (Å²) < 4.78 is 10.9. The lowest BCUT2D eigenvalue weighted by Crippen LogP contribution is -2.13. The van der Waals surface area contributed by atoms with E-state index in [1.165, 1.54) is 22.9 Å². The summed E-state index contributed by atoms with van der Waals surface area (Å²) in [6.45, 7) is 4.92. The molecular formula is C18H19ClN2O2S. The van der Waals surface area contributed by atoms with Crippen LogP contribution >= 0.6 is 23.4 Å². The van der Waals surface area contributed by atoms with Gasteiger partial charge in [0, 0.05) is 21.9 Å². The van der Waals surface area contributed by atoms with E-state index in [0.717, 1.165) is 22.6 Å². The van der Waals surface area contributed by atoms with Gasteiger partial charge in [0.15, 0.2) is 12.0 Å². The maximum Gasteiger partial charge on any atom is 0.189 e. The highest BCUT2D eigenvalue weighted by Crippen LogP contribution is 2.34. The lowest BCUT2D eigenvalue weighted by Gasteiger charge is -2.21. The minimum atomic E-state index is 0.262. The van der Waals surface area contributed by atoms with Crippen LogP contribution in [0.15, 0.2) is 35.3 Å². The Morgan fingerprint density at radius 3 is 2.88 bits per heavy atom. The Labute approximate surface area is 151 Å². The number of amidine groups is 1. The van der Waals surface area contributed by atoms with Gasteiger partial charge >= 0.3 is 0 Å². The number of ether oxygens (including phenoxy) is 2. The Kier molecular flexibility index (Phi) is 5.33. The van der Waals surface area contributed by atoms with Gasteiger partial charge in [0.05, 0.1) is 12.3 Å². The molecule has 0 spiro atoms. The zero-order valence-corrected chi connectivity index (χ0v) is 15.2. The largest absolute Gasteiger partial charge is 0.467 e. The van der Waals surface area contributed by atoms with Gasteiger partial charge in [0.2, 0.25) is 0 Å². The van der Waals surface area contributed by atoms with E-state index >= 15 is 0 Å². The van der Waals surface area contributed by atoms with Gasteiger partial charge in [-0.15, -0.1) is 0 Å². The van der Waals surface area contributed by atoms with E-state index in [1.807, 2.05) is 30.3 Å². The lowest BCUT2D eigenvalue weighted by atomic mass is 10.1. The summed E-state index contributed by atoms with van der Waals surface area (Å²) in [7, 11) is 0. The highest BCUT2D eigenvalue weighted by molar-refractivity contribution is 8.13. The molecule has 1 heterocycles. The van der Waals surface area contributed by atoms with Crippen molar-refractivity contribution >= 4 is 34.2 Å². The van der Waals surface area contributed by atoms with E-state index in [9.17, 15) is 0 Å². The molecule has 6 heteroatoms. The molecule has 0 radical (unpaired) electrons. The van der Waals surface area contributed by atoms with Crippen molar-refractivity contribution in [2.75, 3.05) is 6.79 Å². The Hall–Kier alpha value is -1.69. The highest BCUT2D eigenvalue weighted by Gasteiger charge is 2.16. The predicted molar refractivity (Wildman–Crippen MR) is 100 cm³/mol. The number of benzene rings is 2. The first-order valence-corrected chi connectivity index (χ1v) is 8.95. The van der Waals surface area contributed by atoms with E-state index in [4.69, 9.17) is 26.8 Å². The van der Waals surface area contributed by atoms with Gasteiger partial charge in [-0.05, 0) is 49.2 Å². The van der Waals surface area contributed by atoms with Gasteiger partial charge in [0.25, 0.3) is 0 Å². The van der Waals surface area contributed by atoms with Gasteiger partial charge in [0.1, 0.15) is 5.75 Å². The molecule has 1 aliphatic heterocycles. The molecule has 0 amide bonds. The molecule has 0 saturated heterocycles. The summed E-state index contributed by atoms with van der Waals surface area (Å²) in [5, 5.41) is 1.18. The highest BCUT2D eigenvalue weighted by atomic mass is 35.5. The SMILES string of the molecule is Cc1ccc(N=C(N)SCc2cc(Cl)cc3c2OCOC3)cc1C. The average molecular weight is 363 g/mol. The van der Waals surface area contributed by atoms with E-state index < -0.39 is 0 Å². The Balaban J connectivity index is 1.74. The summed E-state index contributed by atoms with van der Waals surface area (Å²) in [6, 6.07) is 9.83. The molecule has 0 aliphatic carbocycles. The molecule has 0 unspecified atom stereocenters. The number of aryl methyl sites for hydroxylation is 2. The summed E-state index contributed by atoms with van der Waals surface area (Å²) in [4.78, 5) is 4.47. The van der Waals surface area contributed by atoms with Crippen LogP contribution in [0.5, 0.6) is 5.75 Å². The Bertz CT molecular complexity index is 793. The van der Waals surface area contributed by atoms with Crippen LogP contribution in [0.25, 0.3) is 0 Å². The van der Waals surface area contributed by atoms with Crippen molar-refractivity contribution in [3.63, 3.8) is 0 Å². The van der Waals surface area contributed by atoms with Gasteiger partial charge in [-0.1, -0.05) is 29.4 Å². The molecule has 2 aromatic carbocycles. The molecular weight excluding hydrogens is 344 g/mol. The standard InChI is InChI=1S/C18H19ClN2O2S/c1-11-3-4-16(5-12(11)2)21-18(20)24-9-14-7-15(19)6-13-8-22-10-23-17(13)14/h3-7H,8-10H2,1-2H3,(H2,20,21). The second kappa shape index (κ2) is 7.47. The molecule has 3 rings (SSSR count). The number of fused-ring (bicyclic) bond motifs is 1. The number of hydrogen-bond acceptors (Lipinski definition) is 4. The molecule has 0 fully saturated rings. The van der Waals surface area contributed by atoms with Gasteiger partial charge in [-0.2, -0.15) is 0 Å². The fourth-order valence-electron chi connectivity index (χ4n) is 2.47. The summed E-state index contributed by atoms with van der Waals surface area (Å²) in [5.41, 5.74) is 11.3. The van der Waals surface area contributed by atoms with Crippen molar-refractivity contribution in [3.05, 3.63) is 57.6 Å². The first kappa shape index (κ1) is 17.1. The molecule has 4 nitrogen and oxygen atoms in total. The maximum absolute atomic E-state index is 6.18. The molecule has 0 saturated carbocycles. The number of nitrogens with two attached hydrogens (primary N) is 1. The zero-order valence-electron chi connectivity index (χ0n) is 13.6. The van der Waals surface area contributed by atoms with Crippen molar-refractivity contribution in [2.24, 2.45) is 10.7 Å². The van der Waals surface area contributed by atoms with E-state index in [-0.39, 0.29) is 6.79 Å². The fraction of sp³-hybridized carbons (Fsp3) is 0.278. The van der Waals surface area contributed by atoms with E-state index in [1.54, 1.807) is 0 Å². The number of rotatable bonds is 3. The van der Waals surface area contributed by atoms with Crippen molar-refractivity contribution in [3.8, 4) is 5.75 Å². The number of aliphatic imine (C=N–C) groups is 1. The van der Waals surface area contributed by atoms with Gasteiger partial charge in [-0.25, -0.2) is 4.99 Å². The minimum Gasteiger partial charge on any atom is -0.467 e. The number of hydrogen-bond donors (Lipinski definition) is 1. The van der Waals surface area contributed by atoms with Crippen LogP contribution in [0, 0.1) is 13.8 Å². The monoisotopic (exact) mass is 362 g/mol. The van der Waals surface area contributed by atoms with Crippen molar-refractivity contribution in [1.29, 1.82) is 0 Å². The maximum atomic E-state index is 6.18. The number of nitrogens with zero attached hydrogens (tertiary/aromatic N) is 1. The van der Waals surface area contributed by atoms with Gasteiger partial charge in [-0.3, -0.25) is 0 Å². The third-order valence-corrected chi connectivity index (χ3v) is 4.92. The quantitative estimate of drug-likeness (QED) is 0.635. The molecule has 0 bridgehead atoms. The Morgan fingerprint density at radius 2 is 2.08 bits per heavy atom. The average Bonchev–Trinajstić information content (AvgIpc) is 2.56. The fourth-order valence-corrected chi connectivity index (χ4v) is 3.42. The first-order chi connectivity index (χ1) is 11.5. The molecule has 2 N–H and O–H groups in total. The van der Waals surface area contributed by atoms with E-state index in [0.29, 0.717) is 22.6 Å². The third-order valence-electron chi connectivity index (χ3n) is 3.86. The molecule has 0 atom stereocenters. The van der Waals surface area contributed by atoms with Crippen molar-refractivity contribution in [2.45, 2.75) is 26.2 Å². The number of thioether (sulfide) groups is 1. The van der Waals surface area contributed by atoms with Crippen LogP contribution in [0.3, 0.4) is 0 Å². The summed E-state index contributed by atoms with van der Waals surface area (Å²) >= 11 is 7.64. The van der Waals surface area contributed by atoms with Crippen LogP contribution in [0.1, 0.15) is 22.3 Å². The molecule has 126 valence electrons. The van der Waals surface area contributed by atoms with Crippen LogP contribution < -0.4 is 10.5 Å². The smallest absolute Gasteiger partial charge is 0.189 e. The summed E-state index contributed by atoms with van der Waals surface area (Å²) in [6.07, 6.45) is 0. The zero-order chi connectivity index (χ0) is 17.1.